The number of aliphatic hydroxyl groups is 1. The van der Waals surface area contributed by atoms with Crippen LogP contribution < -0.4 is 0 Å². The van der Waals surface area contributed by atoms with Crippen LogP contribution in [0.15, 0.2) is 11.6 Å². The summed E-state index contributed by atoms with van der Waals surface area (Å²) in [6.45, 7) is 8.74. The van der Waals surface area contributed by atoms with Crippen LogP contribution in [0.3, 0.4) is 0 Å². The Morgan fingerprint density at radius 3 is 2.45 bits per heavy atom. The molecule has 0 aromatic rings. The van der Waals surface area contributed by atoms with Crippen molar-refractivity contribution in [3.63, 3.8) is 0 Å². The van der Waals surface area contributed by atoms with Crippen LogP contribution >= 0.6 is 0 Å². The lowest BCUT2D eigenvalue weighted by atomic mass is 10.0. The van der Waals surface area contributed by atoms with Gasteiger partial charge >= 0.3 is 6.09 Å². The second-order valence-electron chi connectivity index (χ2n) is 6.66. The molecule has 1 aliphatic rings. The summed E-state index contributed by atoms with van der Waals surface area (Å²) < 4.78 is 10.8. The number of unbranched alkanes of at least 4 members (excludes halogenated alkanes) is 1. The maximum Gasteiger partial charge on any atom is 0.410 e. The Kier molecular flexibility index (Phi) is 8.49. The van der Waals surface area contributed by atoms with Crippen LogP contribution in [0.5, 0.6) is 0 Å². The summed E-state index contributed by atoms with van der Waals surface area (Å²) in [4.78, 5) is 13.7. The van der Waals surface area contributed by atoms with E-state index < -0.39 is 5.60 Å². The SMILES string of the molecule is CC(C)(C)OC(=O)N1CCC(=CCCCOCCCO)CC1. The van der Waals surface area contributed by atoms with Gasteiger partial charge in [-0.05, 0) is 52.9 Å². The summed E-state index contributed by atoms with van der Waals surface area (Å²) in [5.74, 6) is 0. The molecular weight excluding hydrogens is 282 g/mol. The van der Waals surface area contributed by atoms with Gasteiger partial charge in [0.15, 0.2) is 0 Å². The second kappa shape index (κ2) is 9.85. The zero-order chi connectivity index (χ0) is 16.4. The van der Waals surface area contributed by atoms with Gasteiger partial charge in [-0.2, -0.15) is 0 Å². The molecule has 1 aliphatic heterocycles. The zero-order valence-corrected chi connectivity index (χ0v) is 14.3. The number of aliphatic hydroxyl groups excluding tert-OH is 1. The molecule has 5 nitrogen and oxygen atoms in total. The van der Waals surface area contributed by atoms with E-state index in [-0.39, 0.29) is 12.7 Å². The number of rotatable bonds is 7. The fourth-order valence-corrected chi connectivity index (χ4v) is 2.27. The lowest BCUT2D eigenvalue weighted by Crippen LogP contribution is -2.40. The number of allylic oxidation sites excluding steroid dienone is 1. The molecule has 1 heterocycles. The highest BCUT2D eigenvalue weighted by Crippen LogP contribution is 2.19. The van der Waals surface area contributed by atoms with Gasteiger partial charge in [0, 0.05) is 32.9 Å². The van der Waals surface area contributed by atoms with Crippen LogP contribution in [-0.2, 0) is 9.47 Å². The number of hydrogen-bond acceptors (Lipinski definition) is 4. The van der Waals surface area contributed by atoms with Crippen molar-refractivity contribution in [2.45, 2.75) is 58.5 Å². The highest BCUT2D eigenvalue weighted by molar-refractivity contribution is 5.68. The molecule has 5 heteroatoms. The van der Waals surface area contributed by atoms with Gasteiger partial charge in [0.25, 0.3) is 0 Å². The van der Waals surface area contributed by atoms with Crippen molar-refractivity contribution in [2.75, 3.05) is 32.9 Å². The number of piperidine rings is 1. The van der Waals surface area contributed by atoms with Gasteiger partial charge in [-0.15, -0.1) is 0 Å². The Morgan fingerprint density at radius 2 is 1.86 bits per heavy atom. The molecule has 0 saturated carbocycles. The number of ether oxygens (including phenoxy) is 2. The van der Waals surface area contributed by atoms with Crippen molar-refractivity contribution in [2.24, 2.45) is 0 Å². The average Bonchev–Trinajstić information content (AvgIpc) is 2.45. The van der Waals surface area contributed by atoms with Gasteiger partial charge in [-0.3, -0.25) is 0 Å². The van der Waals surface area contributed by atoms with Gasteiger partial charge in [0.1, 0.15) is 5.60 Å². The average molecular weight is 313 g/mol. The van der Waals surface area contributed by atoms with Gasteiger partial charge in [0.2, 0.25) is 0 Å². The van der Waals surface area contributed by atoms with Crippen LogP contribution in [0, 0.1) is 0 Å². The van der Waals surface area contributed by atoms with Gasteiger partial charge in [-0.25, -0.2) is 4.79 Å². The molecule has 0 aromatic heterocycles. The fourth-order valence-electron chi connectivity index (χ4n) is 2.27. The second-order valence-corrected chi connectivity index (χ2v) is 6.66. The Bertz CT molecular complexity index is 350. The van der Waals surface area contributed by atoms with E-state index in [4.69, 9.17) is 14.6 Å². The number of carbonyl (C=O) groups excluding carboxylic acids is 1. The lowest BCUT2D eigenvalue weighted by Gasteiger charge is -2.31. The Labute approximate surface area is 134 Å². The summed E-state index contributed by atoms with van der Waals surface area (Å²) in [5.41, 5.74) is 0.999. The van der Waals surface area contributed by atoms with Crippen LogP contribution in [0.2, 0.25) is 0 Å². The van der Waals surface area contributed by atoms with E-state index in [0.717, 1.165) is 45.4 Å². The van der Waals surface area contributed by atoms with Crippen molar-refractivity contribution < 1.29 is 19.4 Å². The maximum absolute atomic E-state index is 12.0. The number of amides is 1. The van der Waals surface area contributed by atoms with Crippen molar-refractivity contribution in [1.82, 2.24) is 4.90 Å². The Morgan fingerprint density at radius 1 is 1.23 bits per heavy atom. The third kappa shape index (κ3) is 8.39. The molecule has 22 heavy (non-hydrogen) atoms. The van der Waals surface area contributed by atoms with E-state index in [1.54, 1.807) is 4.90 Å². The lowest BCUT2D eigenvalue weighted by molar-refractivity contribution is 0.0236. The predicted octanol–water partition coefficient (Wildman–Crippen LogP) is 3.12. The minimum absolute atomic E-state index is 0.193. The molecule has 0 radical (unpaired) electrons. The maximum atomic E-state index is 12.0. The molecule has 1 amide bonds. The summed E-state index contributed by atoms with van der Waals surface area (Å²) in [7, 11) is 0. The van der Waals surface area contributed by atoms with E-state index in [1.807, 2.05) is 20.8 Å². The summed E-state index contributed by atoms with van der Waals surface area (Å²) in [6.07, 6.45) is 6.67. The van der Waals surface area contributed by atoms with Gasteiger partial charge in [-0.1, -0.05) is 11.6 Å². The summed E-state index contributed by atoms with van der Waals surface area (Å²) in [5, 5.41) is 8.64. The van der Waals surface area contributed by atoms with E-state index >= 15 is 0 Å². The van der Waals surface area contributed by atoms with Crippen molar-refractivity contribution >= 4 is 6.09 Å². The molecule has 1 fully saturated rings. The Hall–Kier alpha value is -1.07. The van der Waals surface area contributed by atoms with Gasteiger partial charge < -0.3 is 19.5 Å². The summed E-state index contributed by atoms with van der Waals surface area (Å²) >= 11 is 0. The quantitative estimate of drug-likeness (QED) is 0.579. The first-order valence-electron chi connectivity index (χ1n) is 8.27. The first-order chi connectivity index (χ1) is 10.4. The molecule has 0 unspecified atom stereocenters. The van der Waals surface area contributed by atoms with Crippen LogP contribution in [0.25, 0.3) is 0 Å². The summed E-state index contributed by atoms with van der Waals surface area (Å²) in [6, 6.07) is 0. The standard InChI is InChI=1S/C17H31NO4/c1-17(2,3)22-16(20)18-10-8-15(9-11-18)7-4-5-13-21-14-6-12-19/h7,19H,4-6,8-14H2,1-3H3. The van der Waals surface area contributed by atoms with E-state index in [2.05, 4.69) is 6.08 Å². The van der Waals surface area contributed by atoms with Gasteiger partial charge in [0.05, 0.1) is 0 Å². The highest BCUT2D eigenvalue weighted by Gasteiger charge is 2.24. The number of hydrogen-bond donors (Lipinski definition) is 1. The molecule has 0 aromatic carbocycles. The van der Waals surface area contributed by atoms with E-state index in [1.165, 1.54) is 5.57 Å². The first kappa shape index (κ1) is 19.0. The molecule has 128 valence electrons. The molecule has 0 aliphatic carbocycles. The molecule has 0 bridgehead atoms. The number of likely N-dealkylation sites (tertiary alicyclic amines) is 1. The largest absolute Gasteiger partial charge is 0.444 e. The molecule has 1 saturated heterocycles. The molecule has 0 spiro atoms. The fraction of sp³-hybridized carbons (Fsp3) is 0.824. The molecular formula is C17H31NO4. The van der Waals surface area contributed by atoms with Crippen LogP contribution in [0.1, 0.15) is 52.9 Å². The van der Waals surface area contributed by atoms with Crippen LogP contribution in [-0.4, -0.2) is 54.6 Å². The third-order valence-electron chi connectivity index (χ3n) is 3.43. The third-order valence-corrected chi connectivity index (χ3v) is 3.43. The molecule has 1 rings (SSSR count). The van der Waals surface area contributed by atoms with Crippen molar-refractivity contribution in [3.05, 3.63) is 11.6 Å². The molecule has 0 atom stereocenters. The first-order valence-corrected chi connectivity index (χ1v) is 8.27. The van der Waals surface area contributed by atoms with Crippen LogP contribution in [0.4, 0.5) is 4.79 Å². The van der Waals surface area contributed by atoms with E-state index in [9.17, 15) is 4.79 Å². The number of nitrogens with zero attached hydrogens (tertiary/aromatic N) is 1. The molecule has 1 N–H and O–H groups in total. The minimum Gasteiger partial charge on any atom is -0.444 e. The minimum atomic E-state index is -0.427. The predicted molar refractivity (Wildman–Crippen MR) is 86.9 cm³/mol. The Balaban J connectivity index is 2.16. The monoisotopic (exact) mass is 313 g/mol. The van der Waals surface area contributed by atoms with Crippen molar-refractivity contribution in [1.29, 1.82) is 0 Å². The van der Waals surface area contributed by atoms with Crippen molar-refractivity contribution in [3.8, 4) is 0 Å². The highest BCUT2D eigenvalue weighted by atomic mass is 16.6. The smallest absolute Gasteiger partial charge is 0.410 e. The van der Waals surface area contributed by atoms with E-state index in [0.29, 0.717) is 13.0 Å². The topological polar surface area (TPSA) is 59.0 Å². The normalized spacial score (nSPS) is 15.8. The number of carbonyl (C=O) groups is 1. The zero-order valence-electron chi connectivity index (χ0n) is 14.3.